The highest BCUT2D eigenvalue weighted by Crippen LogP contribution is 2.29. The summed E-state index contributed by atoms with van der Waals surface area (Å²) in [6.45, 7) is 2.67. The highest BCUT2D eigenvalue weighted by atomic mass is 35.5. The lowest BCUT2D eigenvalue weighted by Crippen LogP contribution is -2.37. The van der Waals surface area contributed by atoms with Gasteiger partial charge < -0.3 is 4.90 Å². The van der Waals surface area contributed by atoms with Crippen molar-refractivity contribution >= 4 is 24.0 Å². The Morgan fingerprint density at radius 2 is 1.71 bits per heavy atom. The molecule has 28 heavy (non-hydrogen) atoms. The van der Waals surface area contributed by atoms with Crippen molar-refractivity contribution in [2.75, 3.05) is 19.6 Å². The van der Waals surface area contributed by atoms with Crippen molar-refractivity contribution in [2.24, 2.45) is 11.8 Å². The number of likely N-dealkylation sites (tertiary alicyclic amines) is 1. The molecular formula is C23H25ClFNO2. The number of nitrogens with zero attached hydrogens (tertiary/aromatic N) is 1. The highest BCUT2D eigenvalue weighted by Gasteiger charge is 2.31. The molecule has 2 aliphatic rings. The Kier molecular flexibility index (Phi) is 6.63. The van der Waals surface area contributed by atoms with E-state index >= 15 is 0 Å². The van der Waals surface area contributed by atoms with Crippen LogP contribution in [0.4, 0.5) is 4.39 Å². The maximum Gasteiger partial charge on any atom is 0.166 e. The second-order valence-electron chi connectivity index (χ2n) is 7.70. The van der Waals surface area contributed by atoms with Crippen LogP contribution in [-0.4, -0.2) is 36.1 Å². The van der Waals surface area contributed by atoms with Gasteiger partial charge >= 0.3 is 0 Å². The van der Waals surface area contributed by atoms with Gasteiger partial charge in [0.05, 0.1) is 0 Å². The standard InChI is InChI=1S/C23H24FNO2.ClH/c24-20-7-5-16(6-8-20)22(26)17-9-12-25(13-10-17)14-11-19-15-18-3-1-2-4-21(18)23(19)27;/h1-8,17,19H,9-15H2;1H. The Morgan fingerprint density at radius 1 is 1.04 bits per heavy atom. The quantitative estimate of drug-likeness (QED) is 0.688. The Bertz CT molecular complexity index is 844. The van der Waals surface area contributed by atoms with Crippen LogP contribution in [-0.2, 0) is 6.42 Å². The second kappa shape index (κ2) is 8.97. The normalized spacial score (nSPS) is 19.9. The Hall–Kier alpha value is -2.04. The van der Waals surface area contributed by atoms with Gasteiger partial charge in [0.2, 0.25) is 0 Å². The first-order valence-electron chi connectivity index (χ1n) is 9.76. The number of ketones is 2. The summed E-state index contributed by atoms with van der Waals surface area (Å²) in [4.78, 5) is 27.4. The first kappa shape index (κ1) is 20.7. The van der Waals surface area contributed by atoms with Crippen LogP contribution < -0.4 is 0 Å². The number of fused-ring (bicyclic) bond motifs is 1. The fraction of sp³-hybridized carbons (Fsp3) is 0.391. The van der Waals surface area contributed by atoms with Gasteiger partial charge in [-0.15, -0.1) is 12.4 Å². The molecule has 1 saturated heterocycles. The lowest BCUT2D eigenvalue weighted by Gasteiger charge is -2.31. The molecular weight excluding hydrogens is 377 g/mol. The van der Waals surface area contributed by atoms with Crippen LogP contribution in [0.1, 0.15) is 45.5 Å². The zero-order valence-electron chi connectivity index (χ0n) is 15.8. The van der Waals surface area contributed by atoms with Gasteiger partial charge in [0.1, 0.15) is 5.82 Å². The second-order valence-corrected chi connectivity index (χ2v) is 7.70. The molecule has 0 radical (unpaired) electrons. The zero-order valence-corrected chi connectivity index (χ0v) is 16.6. The first-order chi connectivity index (χ1) is 13.1. The predicted octanol–water partition coefficient (Wildman–Crippen LogP) is 4.59. The summed E-state index contributed by atoms with van der Waals surface area (Å²) in [6, 6.07) is 13.8. The lowest BCUT2D eigenvalue weighted by atomic mass is 9.88. The summed E-state index contributed by atoms with van der Waals surface area (Å²) >= 11 is 0. The number of piperidine rings is 1. The molecule has 2 aromatic carbocycles. The van der Waals surface area contributed by atoms with Crippen LogP contribution in [0, 0.1) is 17.7 Å². The molecule has 4 rings (SSSR count). The molecule has 148 valence electrons. The zero-order chi connectivity index (χ0) is 18.8. The molecule has 3 nitrogen and oxygen atoms in total. The summed E-state index contributed by atoms with van der Waals surface area (Å²) in [6.07, 6.45) is 3.39. The van der Waals surface area contributed by atoms with Crippen molar-refractivity contribution in [3.63, 3.8) is 0 Å². The molecule has 2 aromatic rings. The van der Waals surface area contributed by atoms with E-state index < -0.39 is 0 Å². The van der Waals surface area contributed by atoms with Crippen LogP contribution >= 0.6 is 12.4 Å². The summed E-state index contributed by atoms with van der Waals surface area (Å²) in [5.74, 6) is 0.207. The molecule has 1 aliphatic heterocycles. The van der Waals surface area contributed by atoms with Crippen molar-refractivity contribution in [3.05, 3.63) is 71.0 Å². The molecule has 0 spiro atoms. The molecule has 5 heteroatoms. The Labute approximate surface area is 171 Å². The number of rotatable bonds is 5. The molecule has 0 N–H and O–H groups in total. The fourth-order valence-corrected chi connectivity index (χ4v) is 4.36. The Morgan fingerprint density at radius 3 is 2.39 bits per heavy atom. The lowest BCUT2D eigenvalue weighted by molar-refractivity contribution is 0.0829. The minimum atomic E-state index is -0.315. The topological polar surface area (TPSA) is 37.4 Å². The van der Waals surface area contributed by atoms with E-state index in [1.165, 1.54) is 17.7 Å². The van der Waals surface area contributed by atoms with E-state index in [4.69, 9.17) is 0 Å². The van der Waals surface area contributed by atoms with Crippen LogP contribution in [0.15, 0.2) is 48.5 Å². The van der Waals surface area contributed by atoms with Crippen LogP contribution in [0.5, 0.6) is 0 Å². The summed E-state index contributed by atoms with van der Waals surface area (Å²) in [7, 11) is 0. The van der Waals surface area contributed by atoms with Crippen molar-refractivity contribution < 1.29 is 14.0 Å². The van der Waals surface area contributed by atoms with Gasteiger partial charge in [0, 0.05) is 23.0 Å². The summed E-state index contributed by atoms with van der Waals surface area (Å²) < 4.78 is 13.0. The highest BCUT2D eigenvalue weighted by molar-refractivity contribution is 6.02. The van der Waals surface area contributed by atoms with E-state index in [1.54, 1.807) is 12.1 Å². The molecule has 1 unspecified atom stereocenters. The smallest absolute Gasteiger partial charge is 0.166 e. The summed E-state index contributed by atoms with van der Waals surface area (Å²) in [5.41, 5.74) is 2.67. The average molecular weight is 402 g/mol. The minimum Gasteiger partial charge on any atom is -0.303 e. The van der Waals surface area contributed by atoms with Crippen molar-refractivity contribution in [3.8, 4) is 0 Å². The largest absolute Gasteiger partial charge is 0.303 e. The van der Waals surface area contributed by atoms with E-state index in [2.05, 4.69) is 11.0 Å². The molecule has 1 atom stereocenters. The van der Waals surface area contributed by atoms with Gasteiger partial charge in [-0.05, 0) is 75.1 Å². The molecule has 0 aromatic heterocycles. The number of hydrogen-bond donors (Lipinski definition) is 0. The molecule has 1 fully saturated rings. The number of carbonyl (C=O) groups excluding carboxylic acids is 2. The van der Waals surface area contributed by atoms with E-state index in [0.29, 0.717) is 5.56 Å². The third kappa shape index (κ3) is 4.34. The molecule has 0 saturated carbocycles. The molecule has 0 amide bonds. The summed E-state index contributed by atoms with van der Waals surface area (Å²) in [5, 5.41) is 0. The fourth-order valence-electron chi connectivity index (χ4n) is 4.36. The van der Waals surface area contributed by atoms with Crippen molar-refractivity contribution in [1.82, 2.24) is 4.90 Å². The van der Waals surface area contributed by atoms with Gasteiger partial charge in [-0.2, -0.15) is 0 Å². The van der Waals surface area contributed by atoms with Crippen LogP contribution in [0.3, 0.4) is 0 Å². The van der Waals surface area contributed by atoms with E-state index in [1.807, 2.05) is 18.2 Å². The first-order valence-corrected chi connectivity index (χ1v) is 9.76. The minimum absolute atomic E-state index is 0. The van der Waals surface area contributed by atoms with E-state index in [0.717, 1.165) is 50.9 Å². The van der Waals surface area contributed by atoms with Crippen molar-refractivity contribution in [2.45, 2.75) is 25.7 Å². The number of Topliss-reactive ketones (excluding diaryl/α,β-unsaturated/α-hetero) is 2. The van der Waals surface area contributed by atoms with Crippen molar-refractivity contribution in [1.29, 1.82) is 0 Å². The SMILES string of the molecule is Cl.O=C(c1ccc(F)cc1)C1CCN(CCC2Cc3ccccc3C2=O)CC1. The van der Waals surface area contributed by atoms with E-state index in [-0.39, 0.29) is 41.6 Å². The van der Waals surface area contributed by atoms with E-state index in [9.17, 15) is 14.0 Å². The Balaban J connectivity index is 0.00000225. The van der Waals surface area contributed by atoms with Gasteiger partial charge in [0.25, 0.3) is 0 Å². The maximum atomic E-state index is 13.0. The third-order valence-corrected chi connectivity index (χ3v) is 6.00. The van der Waals surface area contributed by atoms with Gasteiger partial charge in [-0.1, -0.05) is 24.3 Å². The van der Waals surface area contributed by atoms with Crippen LogP contribution in [0.2, 0.25) is 0 Å². The number of carbonyl (C=O) groups is 2. The number of halogens is 2. The third-order valence-electron chi connectivity index (χ3n) is 6.00. The van der Waals surface area contributed by atoms with Gasteiger partial charge in [-0.25, -0.2) is 4.39 Å². The monoisotopic (exact) mass is 401 g/mol. The van der Waals surface area contributed by atoms with Gasteiger partial charge in [0.15, 0.2) is 11.6 Å². The molecule has 0 bridgehead atoms. The molecule has 1 aliphatic carbocycles. The predicted molar refractivity (Wildman–Crippen MR) is 110 cm³/mol. The van der Waals surface area contributed by atoms with Gasteiger partial charge in [-0.3, -0.25) is 9.59 Å². The molecule has 1 heterocycles. The maximum absolute atomic E-state index is 13.0. The number of benzene rings is 2. The van der Waals surface area contributed by atoms with Crippen LogP contribution in [0.25, 0.3) is 0 Å². The number of hydrogen-bond acceptors (Lipinski definition) is 3. The average Bonchev–Trinajstić information content (AvgIpc) is 3.03.